The van der Waals surface area contributed by atoms with E-state index >= 15 is 0 Å². The van der Waals surface area contributed by atoms with Crippen molar-refractivity contribution in [1.29, 1.82) is 0 Å². The van der Waals surface area contributed by atoms with E-state index in [0.717, 1.165) is 48.1 Å². The highest BCUT2D eigenvalue weighted by Crippen LogP contribution is 2.46. The number of methoxy groups -OCH3 is 2. The van der Waals surface area contributed by atoms with Gasteiger partial charge in [-0.15, -0.1) is 22.7 Å². The first kappa shape index (κ1) is 23.8. The SMILES string of the molecule is COc1cccc([C@H](c2c(NC(=O)c3cccs3)sc(C)c2C)N2CCN(C)CC2)c1OC. The number of thiophene rings is 2. The van der Waals surface area contributed by atoms with Crippen molar-refractivity contribution in [2.45, 2.75) is 19.9 Å². The number of anilines is 1. The van der Waals surface area contributed by atoms with Gasteiger partial charge < -0.3 is 19.7 Å². The molecule has 0 saturated carbocycles. The van der Waals surface area contributed by atoms with Gasteiger partial charge in [0.05, 0.1) is 25.1 Å². The molecule has 3 heterocycles. The molecule has 176 valence electrons. The summed E-state index contributed by atoms with van der Waals surface area (Å²) in [5.74, 6) is 1.38. The van der Waals surface area contributed by atoms with Gasteiger partial charge in [-0.25, -0.2) is 0 Å². The Morgan fingerprint density at radius 3 is 2.45 bits per heavy atom. The van der Waals surface area contributed by atoms with Crippen LogP contribution in [0.15, 0.2) is 35.7 Å². The lowest BCUT2D eigenvalue weighted by Crippen LogP contribution is -2.46. The second-order valence-corrected chi connectivity index (χ2v) is 10.5. The molecular weight excluding hydrogens is 454 g/mol. The summed E-state index contributed by atoms with van der Waals surface area (Å²) in [5, 5.41) is 6.05. The van der Waals surface area contributed by atoms with E-state index in [-0.39, 0.29) is 11.9 Å². The van der Waals surface area contributed by atoms with Gasteiger partial charge in [0, 0.05) is 42.2 Å². The summed E-state index contributed by atoms with van der Waals surface area (Å²) in [6.45, 7) is 8.10. The Bertz CT molecular complexity index is 1100. The molecule has 1 aliphatic heterocycles. The second kappa shape index (κ2) is 10.3. The van der Waals surface area contributed by atoms with Gasteiger partial charge in [0.2, 0.25) is 0 Å². The van der Waals surface area contributed by atoms with Crippen molar-refractivity contribution >= 4 is 33.6 Å². The third-order valence-corrected chi connectivity index (χ3v) is 8.32. The fourth-order valence-corrected chi connectivity index (χ4v) is 6.09. The normalized spacial score (nSPS) is 15.9. The molecule has 33 heavy (non-hydrogen) atoms. The van der Waals surface area contributed by atoms with Crippen molar-refractivity contribution < 1.29 is 14.3 Å². The maximum absolute atomic E-state index is 13.0. The number of amides is 1. The van der Waals surface area contributed by atoms with Crippen LogP contribution in [0.4, 0.5) is 5.00 Å². The molecule has 1 saturated heterocycles. The summed E-state index contributed by atoms with van der Waals surface area (Å²) in [6, 6.07) is 9.75. The Kier molecular flexibility index (Phi) is 7.38. The van der Waals surface area contributed by atoms with Gasteiger partial charge in [-0.05, 0) is 44.0 Å². The van der Waals surface area contributed by atoms with Gasteiger partial charge >= 0.3 is 0 Å². The van der Waals surface area contributed by atoms with E-state index in [1.54, 1.807) is 25.6 Å². The van der Waals surface area contributed by atoms with Crippen molar-refractivity contribution in [1.82, 2.24) is 9.80 Å². The Morgan fingerprint density at radius 2 is 1.82 bits per heavy atom. The Morgan fingerprint density at radius 1 is 1.06 bits per heavy atom. The molecule has 8 heteroatoms. The zero-order valence-electron chi connectivity index (χ0n) is 19.8. The van der Waals surface area contributed by atoms with E-state index in [1.807, 2.05) is 29.6 Å². The summed E-state index contributed by atoms with van der Waals surface area (Å²) in [7, 11) is 5.51. The topological polar surface area (TPSA) is 54.0 Å². The van der Waals surface area contributed by atoms with Crippen molar-refractivity contribution in [2.24, 2.45) is 0 Å². The van der Waals surface area contributed by atoms with Crippen LogP contribution in [-0.2, 0) is 0 Å². The van der Waals surface area contributed by atoms with Gasteiger partial charge in [0.1, 0.15) is 5.00 Å². The first-order valence-corrected chi connectivity index (χ1v) is 12.7. The highest BCUT2D eigenvalue weighted by molar-refractivity contribution is 7.17. The van der Waals surface area contributed by atoms with E-state index in [0.29, 0.717) is 10.6 Å². The summed E-state index contributed by atoms with van der Waals surface area (Å²) >= 11 is 3.09. The number of carbonyl (C=O) groups excluding carboxylic acids is 1. The smallest absolute Gasteiger partial charge is 0.266 e. The average Bonchev–Trinajstić information content (AvgIpc) is 3.45. The lowest BCUT2D eigenvalue weighted by atomic mass is 9.93. The largest absolute Gasteiger partial charge is 0.493 e. The number of aryl methyl sites for hydroxylation is 1. The van der Waals surface area contributed by atoms with Crippen molar-refractivity contribution in [3.63, 3.8) is 0 Å². The number of para-hydroxylation sites is 1. The number of nitrogens with zero attached hydrogens (tertiary/aromatic N) is 2. The fourth-order valence-electron chi connectivity index (χ4n) is 4.38. The minimum absolute atomic E-state index is 0.0627. The minimum Gasteiger partial charge on any atom is -0.493 e. The molecule has 1 fully saturated rings. The van der Waals surface area contributed by atoms with Gasteiger partial charge in [0.15, 0.2) is 11.5 Å². The molecule has 1 aromatic carbocycles. The van der Waals surface area contributed by atoms with Gasteiger partial charge in [-0.2, -0.15) is 0 Å². The van der Waals surface area contributed by atoms with E-state index < -0.39 is 0 Å². The molecule has 3 aromatic rings. The highest BCUT2D eigenvalue weighted by Gasteiger charge is 2.33. The molecule has 1 atom stereocenters. The van der Waals surface area contributed by atoms with Crippen LogP contribution in [0.25, 0.3) is 0 Å². The molecule has 6 nitrogen and oxygen atoms in total. The molecule has 2 aromatic heterocycles. The van der Waals surface area contributed by atoms with E-state index in [9.17, 15) is 4.79 Å². The predicted octanol–water partition coefficient (Wildman–Crippen LogP) is 5.03. The number of piperazine rings is 1. The van der Waals surface area contributed by atoms with Gasteiger partial charge in [-0.3, -0.25) is 9.69 Å². The quantitative estimate of drug-likeness (QED) is 0.509. The van der Waals surface area contributed by atoms with Gasteiger partial charge in [0.25, 0.3) is 5.91 Å². The monoisotopic (exact) mass is 485 g/mol. The van der Waals surface area contributed by atoms with E-state index in [4.69, 9.17) is 9.47 Å². The molecule has 0 aliphatic carbocycles. The van der Waals surface area contributed by atoms with E-state index in [1.165, 1.54) is 21.8 Å². The van der Waals surface area contributed by atoms with Crippen LogP contribution in [0.5, 0.6) is 11.5 Å². The minimum atomic E-state index is -0.0674. The average molecular weight is 486 g/mol. The zero-order valence-corrected chi connectivity index (χ0v) is 21.4. The number of benzene rings is 1. The number of likely N-dealkylation sites (N-methyl/N-ethyl adjacent to an activating group) is 1. The number of ether oxygens (including phenoxy) is 2. The Labute approximate surface area is 203 Å². The number of nitrogens with one attached hydrogen (secondary N) is 1. The molecule has 0 radical (unpaired) electrons. The summed E-state index contributed by atoms with van der Waals surface area (Å²) in [5.41, 5.74) is 3.39. The fraction of sp³-hybridized carbons (Fsp3) is 0.400. The maximum atomic E-state index is 13.0. The summed E-state index contributed by atoms with van der Waals surface area (Å²) in [4.78, 5) is 19.7. The van der Waals surface area contributed by atoms with Crippen LogP contribution in [0.2, 0.25) is 0 Å². The van der Waals surface area contributed by atoms with Crippen LogP contribution in [0, 0.1) is 13.8 Å². The van der Waals surface area contributed by atoms with Crippen molar-refractivity contribution in [3.05, 3.63) is 62.2 Å². The molecule has 1 N–H and O–H groups in total. The van der Waals surface area contributed by atoms with Gasteiger partial charge in [-0.1, -0.05) is 18.2 Å². The summed E-state index contributed by atoms with van der Waals surface area (Å²) in [6.07, 6.45) is 0. The standard InChI is InChI=1S/C25H31N3O3S2/c1-16-17(2)33-25(26-24(29)20-10-7-15-32-20)21(16)22(28-13-11-27(3)12-14-28)18-8-6-9-19(30-4)23(18)31-5/h6-10,15,22H,11-14H2,1-5H3,(H,26,29)/t22-/m1/s1. The lowest BCUT2D eigenvalue weighted by Gasteiger charge is -2.39. The van der Waals surface area contributed by atoms with Crippen molar-refractivity contribution in [2.75, 3.05) is 52.8 Å². The van der Waals surface area contributed by atoms with Crippen LogP contribution in [0.1, 0.15) is 37.3 Å². The number of carbonyl (C=O) groups is 1. The molecule has 0 spiro atoms. The second-order valence-electron chi connectivity index (χ2n) is 8.28. The van der Waals surface area contributed by atoms with Crippen LogP contribution < -0.4 is 14.8 Å². The van der Waals surface area contributed by atoms with Crippen LogP contribution >= 0.6 is 22.7 Å². The van der Waals surface area contributed by atoms with Crippen LogP contribution in [-0.4, -0.2) is 63.2 Å². The molecule has 0 unspecified atom stereocenters. The Hall–Kier alpha value is -2.39. The maximum Gasteiger partial charge on any atom is 0.266 e. The highest BCUT2D eigenvalue weighted by atomic mass is 32.1. The van der Waals surface area contributed by atoms with Crippen LogP contribution in [0.3, 0.4) is 0 Å². The number of hydrogen-bond acceptors (Lipinski definition) is 7. The third-order valence-electron chi connectivity index (χ3n) is 6.31. The number of rotatable bonds is 7. The number of hydrogen-bond donors (Lipinski definition) is 1. The first-order chi connectivity index (χ1) is 15.9. The van der Waals surface area contributed by atoms with E-state index in [2.05, 4.69) is 42.1 Å². The Balaban J connectivity index is 1.84. The molecule has 1 amide bonds. The molecule has 1 aliphatic rings. The summed E-state index contributed by atoms with van der Waals surface area (Å²) < 4.78 is 11.5. The zero-order chi connectivity index (χ0) is 23.5. The lowest BCUT2D eigenvalue weighted by molar-refractivity contribution is 0.103. The molecular formula is C25H31N3O3S2. The first-order valence-electron chi connectivity index (χ1n) is 11.0. The third kappa shape index (κ3) is 4.80. The van der Waals surface area contributed by atoms with Crippen molar-refractivity contribution in [3.8, 4) is 11.5 Å². The predicted molar refractivity (Wildman–Crippen MR) is 137 cm³/mol. The molecule has 4 rings (SSSR count). The molecule has 0 bridgehead atoms.